The molecule has 6 rings (SSSR count). The van der Waals surface area contributed by atoms with Gasteiger partial charge in [-0.1, -0.05) is 31.0 Å². The van der Waals surface area contributed by atoms with E-state index in [1.54, 1.807) is 24.5 Å². The molecule has 0 unspecified atom stereocenters. The highest BCUT2D eigenvalue weighted by Crippen LogP contribution is 2.39. The molecule has 9 heteroatoms. The number of rotatable bonds is 4. The lowest BCUT2D eigenvalue weighted by Crippen LogP contribution is -2.27. The number of fused-ring (bicyclic) bond motifs is 1. The number of para-hydroxylation sites is 1. The molecule has 0 atom stereocenters. The normalized spacial score (nSPS) is 14.5. The Morgan fingerprint density at radius 3 is 2.44 bits per heavy atom. The van der Waals surface area contributed by atoms with Crippen molar-refractivity contribution < 1.29 is 13.2 Å². The van der Waals surface area contributed by atoms with Crippen LogP contribution in [0.4, 0.5) is 18.9 Å². The summed E-state index contributed by atoms with van der Waals surface area (Å²) < 4.78 is 44.0. The Morgan fingerprint density at radius 1 is 0.846 bits per heavy atom. The molecule has 1 aliphatic rings. The average molecular weight is 530 g/mol. The maximum absolute atomic E-state index is 14.3. The first-order chi connectivity index (χ1) is 18.9. The average Bonchev–Trinajstić information content (AvgIpc) is 3.14. The summed E-state index contributed by atoms with van der Waals surface area (Å²) in [5, 5.41) is 0.982. The third kappa shape index (κ3) is 4.92. The first-order valence-corrected chi connectivity index (χ1v) is 13.0. The number of pyridine rings is 2. The lowest BCUT2D eigenvalue weighted by molar-refractivity contribution is -0.137. The molecule has 1 saturated heterocycles. The van der Waals surface area contributed by atoms with Crippen LogP contribution in [0.25, 0.3) is 39.1 Å². The summed E-state index contributed by atoms with van der Waals surface area (Å²) >= 11 is 0. The van der Waals surface area contributed by atoms with Gasteiger partial charge in [-0.25, -0.2) is 4.79 Å². The van der Waals surface area contributed by atoms with E-state index in [-0.39, 0.29) is 11.4 Å². The summed E-state index contributed by atoms with van der Waals surface area (Å²) in [4.78, 5) is 26.3. The van der Waals surface area contributed by atoms with Crippen molar-refractivity contribution in [1.29, 1.82) is 0 Å². The number of hydrogen-bond acceptors (Lipinski definition) is 4. The van der Waals surface area contributed by atoms with Crippen LogP contribution < -0.4 is 10.6 Å². The van der Waals surface area contributed by atoms with Gasteiger partial charge in [-0.3, -0.25) is 14.5 Å². The van der Waals surface area contributed by atoms with E-state index in [9.17, 15) is 18.0 Å². The molecule has 0 saturated carbocycles. The minimum absolute atomic E-state index is 0.127. The summed E-state index contributed by atoms with van der Waals surface area (Å²) in [6.45, 7) is 1.16. The van der Waals surface area contributed by atoms with Gasteiger partial charge >= 0.3 is 11.9 Å². The molecule has 1 N–H and O–H groups in total. The topological polar surface area (TPSA) is 66.8 Å². The molecule has 4 heterocycles. The van der Waals surface area contributed by atoms with Crippen LogP contribution in [0.5, 0.6) is 0 Å². The highest BCUT2D eigenvalue weighted by atomic mass is 19.4. The van der Waals surface area contributed by atoms with Crippen molar-refractivity contribution in [2.45, 2.75) is 31.9 Å². The van der Waals surface area contributed by atoms with Crippen molar-refractivity contribution in [3.8, 4) is 28.2 Å². The Bertz CT molecular complexity index is 1700. The fourth-order valence-electron chi connectivity index (χ4n) is 5.27. The molecule has 0 aliphatic carbocycles. The molecule has 0 amide bonds. The molecule has 0 spiro atoms. The number of nitrogens with zero attached hydrogens (tertiary/aromatic N) is 4. The lowest BCUT2D eigenvalue weighted by atomic mass is 10.0. The molecule has 6 nitrogen and oxygen atoms in total. The van der Waals surface area contributed by atoms with Gasteiger partial charge in [0, 0.05) is 48.3 Å². The van der Waals surface area contributed by atoms with Crippen LogP contribution in [0.1, 0.15) is 31.2 Å². The Kier molecular flexibility index (Phi) is 6.42. The third-order valence-corrected chi connectivity index (χ3v) is 7.21. The molecule has 5 aromatic rings. The summed E-state index contributed by atoms with van der Waals surface area (Å²) in [6.07, 6.45) is 4.03. The SMILES string of the molecule is O=c1[nH]cc(-c2cc(-c3cnc4ccccc4c3)ccn2)n1-c1ccc(N2CCCCCC2)c(C(F)(F)F)c1. The fourth-order valence-corrected chi connectivity index (χ4v) is 5.27. The van der Waals surface area contributed by atoms with E-state index < -0.39 is 17.4 Å². The Morgan fingerprint density at radius 2 is 1.64 bits per heavy atom. The van der Waals surface area contributed by atoms with Gasteiger partial charge in [-0.05, 0) is 60.9 Å². The highest BCUT2D eigenvalue weighted by molar-refractivity contribution is 5.84. The van der Waals surface area contributed by atoms with E-state index in [1.165, 1.54) is 16.8 Å². The van der Waals surface area contributed by atoms with Crippen molar-refractivity contribution >= 4 is 16.6 Å². The van der Waals surface area contributed by atoms with Gasteiger partial charge in [0.15, 0.2) is 0 Å². The predicted octanol–water partition coefficient (Wildman–Crippen LogP) is 6.84. The van der Waals surface area contributed by atoms with Crippen molar-refractivity contribution in [3.05, 3.63) is 95.3 Å². The minimum atomic E-state index is -4.57. The van der Waals surface area contributed by atoms with Gasteiger partial charge in [0.2, 0.25) is 0 Å². The number of halogens is 3. The molecular formula is C30H26F3N5O. The first-order valence-electron chi connectivity index (χ1n) is 13.0. The van der Waals surface area contributed by atoms with Crippen LogP contribution in [0.15, 0.2) is 84.0 Å². The molecule has 3 aromatic heterocycles. The van der Waals surface area contributed by atoms with Gasteiger partial charge in [0.25, 0.3) is 0 Å². The van der Waals surface area contributed by atoms with Gasteiger partial charge in [-0.15, -0.1) is 0 Å². The first kappa shape index (κ1) is 24.9. The largest absolute Gasteiger partial charge is 0.418 e. The summed E-state index contributed by atoms with van der Waals surface area (Å²) in [5.74, 6) is 0. The summed E-state index contributed by atoms with van der Waals surface area (Å²) in [5.41, 5.74) is 2.37. The van der Waals surface area contributed by atoms with E-state index >= 15 is 0 Å². The number of hydrogen-bond donors (Lipinski definition) is 1. The van der Waals surface area contributed by atoms with E-state index in [0.717, 1.165) is 53.8 Å². The minimum Gasteiger partial charge on any atom is -0.371 e. The van der Waals surface area contributed by atoms with Gasteiger partial charge in [0.05, 0.1) is 28.2 Å². The van der Waals surface area contributed by atoms with Crippen LogP contribution in [-0.4, -0.2) is 32.6 Å². The van der Waals surface area contributed by atoms with E-state index in [0.29, 0.717) is 24.5 Å². The molecule has 0 bridgehead atoms. The second-order valence-corrected chi connectivity index (χ2v) is 9.76. The number of aromatic nitrogens is 4. The summed E-state index contributed by atoms with van der Waals surface area (Å²) in [7, 11) is 0. The smallest absolute Gasteiger partial charge is 0.371 e. The Hall–Kier alpha value is -4.40. The zero-order chi connectivity index (χ0) is 27.0. The number of aromatic amines is 1. The maximum Gasteiger partial charge on any atom is 0.418 e. The van der Waals surface area contributed by atoms with Crippen LogP contribution in [0.3, 0.4) is 0 Å². The van der Waals surface area contributed by atoms with Crippen LogP contribution in [0, 0.1) is 0 Å². The standard InChI is InChI=1S/C30H26F3N5O/c31-30(32,33)24-17-23(9-10-27(24)37-13-5-1-2-6-14-37)38-28(19-36-29(38)39)26-16-20(11-12-34-26)22-15-21-7-3-4-8-25(21)35-18-22/h3-4,7-12,15-19H,1-2,5-6,13-14H2,(H,36,39). The number of H-pyrrole nitrogens is 1. The van der Waals surface area contributed by atoms with Crippen molar-refractivity contribution in [2.24, 2.45) is 0 Å². The number of anilines is 1. The lowest BCUT2D eigenvalue weighted by Gasteiger charge is -2.27. The monoisotopic (exact) mass is 529 g/mol. The molecule has 198 valence electrons. The molecule has 0 radical (unpaired) electrons. The second kappa shape index (κ2) is 10.1. The van der Waals surface area contributed by atoms with Gasteiger partial charge in [-0.2, -0.15) is 13.2 Å². The van der Waals surface area contributed by atoms with Gasteiger partial charge in [0.1, 0.15) is 0 Å². The van der Waals surface area contributed by atoms with Crippen LogP contribution in [-0.2, 0) is 6.18 Å². The summed E-state index contributed by atoms with van der Waals surface area (Å²) in [6, 6.07) is 17.6. The van der Waals surface area contributed by atoms with E-state index in [4.69, 9.17) is 0 Å². The highest BCUT2D eigenvalue weighted by Gasteiger charge is 2.36. The number of imidazole rings is 1. The van der Waals surface area contributed by atoms with E-state index in [1.807, 2.05) is 41.3 Å². The van der Waals surface area contributed by atoms with E-state index in [2.05, 4.69) is 15.0 Å². The quantitative estimate of drug-likeness (QED) is 0.277. The number of benzene rings is 2. The van der Waals surface area contributed by atoms with Gasteiger partial charge < -0.3 is 9.88 Å². The van der Waals surface area contributed by atoms with Crippen molar-refractivity contribution in [3.63, 3.8) is 0 Å². The molecular weight excluding hydrogens is 503 g/mol. The maximum atomic E-state index is 14.3. The second-order valence-electron chi connectivity index (χ2n) is 9.76. The zero-order valence-corrected chi connectivity index (χ0v) is 21.1. The predicted molar refractivity (Wildman–Crippen MR) is 146 cm³/mol. The molecule has 1 fully saturated rings. The molecule has 2 aromatic carbocycles. The number of alkyl halides is 3. The Labute approximate surface area is 222 Å². The van der Waals surface area contributed by atoms with Crippen LogP contribution in [0.2, 0.25) is 0 Å². The Balaban J connectivity index is 1.42. The number of nitrogens with one attached hydrogen (secondary N) is 1. The van der Waals surface area contributed by atoms with Crippen molar-refractivity contribution in [2.75, 3.05) is 18.0 Å². The molecule has 39 heavy (non-hydrogen) atoms. The fraction of sp³-hybridized carbons (Fsp3) is 0.233. The van der Waals surface area contributed by atoms with Crippen LogP contribution >= 0.6 is 0 Å². The third-order valence-electron chi connectivity index (χ3n) is 7.21. The zero-order valence-electron chi connectivity index (χ0n) is 21.1. The molecule has 1 aliphatic heterocycles. The van der Waals surface area contributed by atoms with Crippen molar-refractivity contribution in [1.82, 2.24) is 19.5 Å².